The van der Waals surface area contributed by atoms with E-state index in [-0.39, 0.29) is 17.0 Å². The van der Waals surface area contributed by atoms with Gasteiger partial charge in [-0.3, -0.25) is 9.89 Å². The van der Waals surface area contributed by atoms with Crippen LogP contribution >= 0.6 is 11.3 Å². The van der Waals surface area contributed by atoms with Gasteiger partial charge in [-0.25, -0.2) is 4.79 Å². The summed E-state index contributed by atoms with van der Waals surface area (Å²) >= 11 is 1.19. The Morgan fingerprint density at radius 1 is 1.15 bits per heavy atom. The third kappa shape index (κ3) is 3.34. The molecule has 3 N–H and O–H groups in total. The maximum atomic E-state index is 12.8. The quantitative estimate of drug-likeness (QED) is 0.348. The first-order valence-corrected chi connectivity index (χ1v) is 11.4. The van der Waals surface area contributed by atoms with Crippen molar-refractivity contribution in [1.29, 1.82) is 0 Å². The van der Waals surface area contributed by atoms with Gasteiger partial charge in [0.15, 0.2) is 5.76 Å². The lowest BCUT2D eigenvalue weighted by Crippen LogP contribution is -2.21. The van der Waals surface area contributed by atoms with Crippen molar-refractivity contribution in [2.75, 3.05) is 5.32 Å². The molecule has 168 valence electrons. The minimum Gasteiger partial charge on any atom is -0.478 e. The number of aromatic nitrogens is 2. The first-order valence-electron chi connectivity index (χ1n) is 10.6. The third-order valence-electron chi connectivity index (χ3n) is 5.71. The number of nitrogens with zero attached hydrogens (tertiary/aromatic N) is 1. The summed E-state index contributed by atoms with van der Waals surface area (Å²) in [5, 5.41) is 22.7. The molecule has 5 aromatic rings. The van der Waals surface area contributed by atoms with Crippen molar-refractivity contribution >= 4 is 52.0 Å². The van der Waals surface area contributed by atoms with Crippen LogP contribution in [0.1, 0.15) is 33.8 Å². The highest BCUT2D eigenvalue weighted by atomic mass is 32.1. The van der Waals surface area contributed by atoms with Crippen molar-refractivity contribution in [2.45, 2.75) is 12.8 Å². The van der Waals surface area contributed by atoms with Gasteiger partial charge in [-0.1, -0.05) is 24.3 Å². The van der Waals surface area contributed by atoms with Crippen molar-refractivity contribution in [1.82, 2.24) is 10.2 Å². The lowest BCUT2D eigenvalue weighted by molar-refractivity contribution is 0.0699. The number of carboxylic acid groups (broad SMARTS) is 1. The number of thiophene rings is 1. The first-order chi connectivity index (χ1) is 16.6. The van der Waals surface area contributed by atoms with Gasteiger partial charge in [-0.15, -0.1) is 11.3 Å². The smallest absolute Gasteiger partial charge is 0.339 e. The molecule has 6 rings (SSSR count). The lowest BCUT2D eigenvalue weighted by atomic mass is 10.1. The standard InChI is InChI=1S/C25H17N3O5S/c29-24(20-8-13-4-1-2-7-18(13)32-20)28-17-12-34-23(21(17)25(30)31)19-9-14-5-3-6-16(22(14)33-19)15-10-26-27-11-15/h3-12H,1-2H2,(H,26,27)(H,28,29)(H,30,31). The number of para-hydroxylation sites is 1. The summed E-state index contributed by atoms with van der Waals surface area (Å²) in [6.45, 7) is 0. The van der Waals surface area contributed by atoms with Gasteiger partial charge in [0.25, 0.3) is 5.91 Å². The molecule has 0 fully saturated rings. The van der Waals surface area contributed by atoms with E-state index in [9.17, 15) is 14.7 Å². The normalized spacial score (nSPS) is 12.7. The fraction of sp³-hybridized carbons (Fsp3) is 0.0800. The van der Waals surface area contributed by atoms with Crippen molar-refractivity contribution in [3.8, 4) is 21.8 Å². The Balaban J connectivity index is 1.39. The summed E-state index contributed by atoms with van der Waals surface area (Å²) in [5.41, 5.74) is 3.15. The molecule has 0 saturated carbocycles. The van der Waals surface area contributed by atoms with Crippen LogP contribution in [0.3, 0.4) is 0 Å². The number of benzene rings is 1. The zero-order valence-electron chi connectivity index (χ0n) is 17.6. The largest absolute Gasteiger partial charge is 0.478 e. The van der Waals surface area contributed by atoms with Crippen LogP contribution in [-0.2, 0) is 0 Å². The SMILES string of the molecule is O=C(Nc1csc(-c2cc3cccc(-c4cn[nH]c4)c3o2)c1C(=O)O)c1cc2c(o1)=CCCC=2. The highest BCUT2D eigenvalue weighted by Gasteiger charge is 2.25. The maximum absolute atomic E-state index is 12.8. The molecule has 0 bridgehead atoms. The molecule has 1 aliphatic carbocycles. The number of fused-ring (bicyclic) bond motifs is 2. The number of anilines is 1. The van der Waals surface area contributed by atoms with E-state index >= 15 is 0 Å². The summed E-state index contributed by atoms with van der Waals surface area (Å²) in [6, 6.07) is 9.19. The van der Waals surface area contributed by atoms with Crippen LogP contribution in [0.5, 0.6) is 0 Å². The second-order valence-corrected chi connectivity index (χ2v) is 8.73. The highest BCUT2D eigenvalue weighted by molar-refractivity contribution is 7.14. The molecule has 0 spiro atoms. The third-order valence-corrected chi connectivity index (χ3v) is 6.70. The number of nitrogens with one attached hydrogen (secondary N) is 2. The number of H-pyrrole nitrogens is 1. The van der Waals surface area contributed by atoms with Crippen LogP contribution in [-0.4, -0.2) is 27.2 Å². The number of carboxylic acids is 1. The van der Waals surface area contributed by atoms with E-state index < -0.39 is 11.9 Å². The van der Waals surface area contributed by atoms with E-state index in [0.717, 1.165) is 34.6 Å². The van der Waals surface area contributed by atoms with Gasteiger partial charge in [0.1, 0.15) is 22.3 Å². The van der Waals surface area contributed by atoms with E-state index in [0.29, 0.717) is 21.6 Å². The minimum absolute atomic E-state index is 0.0308. The second kappa shape index (κ2) is 7.89. The average molecular weight is 471 g/mol. The number of amides is 1. The summed E-state index contributed by atoms with van der Waals surface area (Å²) in [6.07, 6.45) is 9.17. The molecule has 0 atom stereocenters. The molecule has 1 aromatic carbocycles. The molecule has 4 heterocycles. The molecule has 1 amide bonds. The molecule has 34 heavy (non-hydrogen) atoms. The molecule has 0 unspecified atom stereocenters. The van der Waals surface area contributed by atoms with E-state index in [2.05, 4.69) is 15.5 Å². The number of carbonyl (C=O) groups is 2. The van der Waals surface area contributed by atoms with Gasteiger partial charge < -0.3 is 19.3 Å². The van der Waals surface area contributed by atoms with Gasteiger partial charge in [0.2, 0.25) is 0 Å². The Morgan fingerprint density at radius 3 is 2.82 bits per heavy atom. The van der Waals surface area contributed by atoms with Crippen molar-refractivity contribution in [2.24, 2.45) is 0 Å². The van der Waals surface area contributed by atoms with Crippen LogP contribution in [0, 0.1) is 0 Å². The van der Waals surface area contributed by atoms with Crippen LogP contribution < -0.4 is 16.0 Å². The fourth-order valence-corrected chi connectivity index (χ4v) is 5.08. The average Bonchev–Trinajstić information content (AvgIpc) is 3.63. The van der Waals surface area contributed by atoms with Crippen LogP contribution in [0.25, 0.3) is 44.9 Å². The predicted molar refractivity (Wildman–Crippen MR) is 128 cm³/mol. The van der Waals surface area contributed by atoms with Crippen LogP contribution in [0.2, 0.25) is 0 Å². The summed E-state index contributed by atoms with van der Waals surface area (Å²) in [5.74, 6) is -1.12. The van der Waals surface area contributed by atoms with Crippen LogP contribution in [0.4, 0.5) is 5.69 Å². The number of hydrogen-bond acceptors (Lipinski definition) is 6. The summed E-state index contributed by atoms with van der Waals surface area (Å²) < 4.78 is 11.8. The molecule has 0 saturated heterocycles. The predicted octanol–water partition coefficient (Wildman–Crippen LogP) is 4.45. The molecule has 1 aliphatic rings. The first kappa shape index (κ1) is 20.3. The van der Waals surface area contributed by atoms with Gasteiger partial charge >= 0.3 is 5.97 Å². The number of carbonyl (C=O) groups excluding carboxylic acids is 1. The van der Waals surface area contributed by atoms with Gasteiger partial charge in [0, 0.05) is 33.3 Å². The zero-order chi connectivity index (χ0) is 23.2. The minimum atomic E-state index is -1.16. The topological polar surface area (TPSA) is 121 Å². The van der Waals surface area contributed by atoms with E-state index in [1.807, 2.05) is 30.4 Å². The number of furan rings is 2. The van der Waals surface area contributed by atoms with E-state index in [1.54, 1.807) is 29.9 Å². The van der Waals surface area contributed by atoms with Crippen molar-refractivity contribution in [3.05, 3.63) is 70.1 Å². The molecule has 0 radical (unpaired) electrons. The molecule has 9 heteroatoms. The number of aromatic amines is 1. The fourth-order valence-electron chi connectivity index (χ4n) is 4.13. The maximum Gasteiger partial charge on any atom is 0.339 e. The zero-order valence-corrected chi connectivity index (χ0v) is 18.4. The summed E-state index contributed by atoms with van der Waals surface area (Å²) in [4.78, 5) is 25.4. The monoisotopic (exact) mass is 471 g/mol. The van der Waals surface area contributed by atoms with E-state index in [4.69, 9.17) is 8.83 Å². The Hall–Kier alpha value is -4.37. The number of hydrogen-bond donors (Lipinski definition) is 3. The lowest BCUT2D eigenvalue weighted by Gasteiger charge is -2.03. The Bertz CT molecular complexity index is 1650. The Morgan fingerprint density at radius 2 is 2.03 bits per heavy atom. The molecule has 4 aromatic heterocycles. The molecule has 8 nitrogen and oxygen atoms in total. The van der Waals surface area contributed by atoms with Gasteiger partial charge in [0.05, 0.1) is 16.8 Å². The number of rotatable bonds is 5. The highest BCUT2D eigenvalue weighted by Crippen LogP contribution is 2.40. The van der Waals surface area contributed by atoms with Crippen LogP contribution in [0.15, 0.2) is 56.9 Å². The van der Waals surface area contributed by atoms with Crippen molar-refractivity contribution in [3.63, 3.8) is 0 Å². The molecular formula is C25H17N3O5S. The van der Waals surface area contributed by atoms with E-state index in [1.165, 1.54) is 11.3 Å². The number of aromatic carboxylic acids is 1. The van der Waals surface area contributed by atoms with Gasteiger partial charge in [-0.05, 0) is 31.1 Å². The Kier molecular flexibility index (Phi) is 4.70. The molecular weight excluding hydrogens is 454 g/mol. The van der Waals surface area contributed by atoms with Gasteiger partial charge in [-0.2, -0.15) is 5.10 Å². The Labute approximate surface area is 195 Å². The van der Waals surface area contributed by atoms with Crippen molar-refractivity contribution < 1.29 is 23.5 Å². The molecule has 0 aliphatic heterocycles. The second-order valence-electron chi connectivity index (χ2n) is 7.85. The summed E-state index contributed by atoms with van der Waals surface area (Å²) in [7, 11) is 0.